The Morgan fingerprint density at radius 3 is 2.65 bits per heavy atom. The number of rotatable bonds is 8. The van der Waals surface area contributed by atoms with Crippen molar-refractivity contribution >= 4 is 12.2 Å². The third-order valence-electron chi connectivity index (χ3n) is 6.32. The first-order valence-corrected chi connectivity index (χ1v) is 10.9. The Balaban J connectivity index is 1.42. The van der Waals surface area contributed by atoms with Crippen molar-refractivity contribution < 1.29 is 19.7 Å². The number of aliphatic hydroxyl groups is 2. The summed E-state index contributed by atoms with van der Waals surface area (Å²) in [6.07, 6.45) is 5.75. The predicted molar refractivity (Wildman–Crippen MR) is 117 cm³/mol. The molecular formula is C23H32N4O4. The number of hydrogen-bond acceptors (Lipinski definition) is 8. The van der Waals surface area contributed by atoms with E-state index in [4.69, 9.17) is 10.00 Å². The predicted octanol–water partition coefficient (Wildman–Crippen LogP) is 0.542. The van der Waals surface area contributed by atoms with Crippen LogP contribution in [-0.4, -0.2) is 96.8 Å². The monoisotopic (exact) mass is 428 g/mol. The van der Waals surface area contributed by atoms with Crippen molar-refractivity contribution in [2.75, 3.05) is 52.4 Å². The Bertz CT molecular complexity index is 818. The van der Waals surface area contributed by atoms with Gasteiger partial charge >= 0.3 is 5.97 Å². The summed E-state index contributed by atoms with van der Waals surface area (Å²) in [6, 6.07) is 2.03. The molecule has 4 unspecified atom stereocenters. The molecule has 1 aliphatic carbocycles. The third kappa shape index (κ3) is 5.89. The zero-order valence-corrected chi connectivity index (χ0v) is 18.3. The normalized spacial score (nSPS) is 27.3. The number of carbonyl (C=O) groups is 1. The van der Waals surface area contributed by atoms with Gasteiger partial charge in [-0.3, -0.25) is 19.6 Å². The molecule has 2 N–H and O–H groups in total. The van der Waals surface area contributed by atoms with E-state index < -0.39 is 12.2 Å². The SMILES string of the molecule is CC=C(C#N)C=NCC(O)CN1CCN(CC(O)C2=C(C)C3COC(=O)C3C=C2)CC1. The number of carbonyl (C=O) groups excluding carboxylic acids is 1. The van der Waals surface area contributed by atoms with Crippen LogP contribution in [-0.2, 0) is 9.53 Å². The van der Waals surface area contributed by atoms with Gasteiger partial charge in [0.2, 0.25) is 0 Å². The lowest BCUT2D eigenvalue weighted by Gasteiger charge is -2.37. The lowest BCUT2D eigenvalue weighted by molar-refractivity contribution is -0.140. The van der Waals surface area contributed by atoms with Crippen molar-refractivity contribution in [3.05, 3.63) is 34.9 Å². The molecule has 4 atom stereocenters. The number of cyclic esters (lactones) is 1. The maximum atomic E-state index is 11.8. The lowest BCUT2D eigenvalue weighted by Crippen LogP contribution is -2.50. The number of piperazine rings is 1. The van der Waals surface area contributed by atoms with Crippen LogP contribution >= 0.6 is 0 Å². The van der Waals surface area contributed by atoms with Gasteiger partial charge in [0.15, 0.2) is 0 Å². The first-order chi connectivity index (χ1) is 14.9. The molecule has 8 heteroatoms. The number of fused-ring (bicyclic) bond motifs is 1. The molecule has 2 saturated heterocycles. The van der Waals surface area contributed by atoms with Gasteiger partial charge in [-0.25, -0.2) is 0 Å². The van der Waals surface area contributed by atoms with E-state index in [1.165, 1.54) is 6.21 Å². The molecule has 0 amide bonds. The van der Waals surface area contributed by atoms with Crippen molar-refractivity contribution in [1.82, 2.24) is 9.80 Å². The van der Waals surface area contributed by atoms with E-state index in [9.17, 15) is 15.0 Å². The number of β-amino-alcohol motifs (C(OH)–C–C–N with tert-alkyl or cyclic N) is 2. The summed E-state index contributed by atoms with van der Waals surface area (Å²) in [7, 11) is 0. The number of esters is 1. The minimum atomic E-state index is -0.597. The highest BCUT2D eigenvalue weighted by Crippen LogP contribution is 2.36. The number of ether oxygens (including phenoxy) is 1. The van der Waals surface area contributed by atoms with E-state index in [0.29, 0.717) is 25.3 Å². The number of nitriles is 1. The summed E-state index contributed by atoms with van der Waals surface area (Å²) in [4.78, 5) is 20.3. The second-order valence-electron chi connectivity index (χ2n) is 8.38. The van der Waals surface area contributed by atoms with Gasteiger partial charge < -0.3 is 14.9 Å². The molecule has 168 valence electrons. The fraction of sp³-hybridized carbons (Fsp3) is 0.609. The van der Waals surface area contributed by atoms with E-state index in [1.807, 2.05) is 25.1 Å². The van der Waals surface area contributed by atoms with Crippen LogP contribution in [0.4, 0.5) is 0 Å². The molecule has 0 aromatic carbocycles. The lowest BCUT2D eigenvalue weighted by atomic mass is 9.80. The quantitative estimate of drug-likeness (QED) is 0.330. The Morgan fingerprint density at radius 1 is 1.32 bits per heavy atom. The number of allylic oxidation sites excluding steroid dienone is 2. The Hall–Kier alpha value is -2.31. The largest absolute Gasteiger partial charge is 0.465 e. The second-order valence-corrected chi connectivity index (χ2v) is 8.38. The molecule has 2 fully saturated rings. The number of aliphatic hydroxyl groups excluding tert-OH is 2. The van der Waals surface area contributed by atoms with Crippen LogP contribution in [0.25, 0.3) is 0 Å². The van der Waals surface area contributed by atoms with Gasteiger partial charge in [0.05, 0.1) is 36.9 Å². The molecule has 0 saturated carbocycles. The average Bonchev–Trinajstić information content (AvgIpc) is 3.14. The molecule has 3 rings (SSSR count). The summed E-state index contributed by atoms with van der Waals surface area (Å²) < 4.78 is 5.17. The van der Waals surface area contributed by atoms with Gasteiger partial charge in [0, 0.05) is 51.4 Å². The minimum absolute atomic E-state index is 0.0419. The van der Waals surface area contributed by atoms with Gasteiger partial charge in [0.1, 0.15) is 6.07 Å². The summed E-state index contributed by atoms with van der Waals surface area (Å²) in [5.74, 6) is -0.342. The summed E-state index contributed by atoms with van der Waals surface area (Å²) >= 11 is 0. The van der Waals surface area contributed by atoms with Crippen LogP contribution in [0.2, 0.25) is 0 Å². The maximum Gasteiger partial charge on any atom is 0.313 e. The molecule has 0 spiro atoms. The van der Waals surface area contributed by atoms with Crippen LogP contribution in [0, 0.1) is 23.2 Å². The molecule has 0 radical (unpaired) electrons. The van der Waals surface area contributed by atoms with Crippen molar-refractivity contribution in [2.24, 2.45) is 16.8 Å². The molecule has 0 bridgehead atoms. The Morgan fingerprint density at radius 2 is 2.00 bits per heavy atom. The Labute approximate surface area is 183 Å². The topological polar surface area (TPSA) is 109 Å². The van der Waals surface area contributed by atoms with Crippen molar-refractivity contribution in [1.29, 1.82) is 5.26 Å². The summed E-state index contributed by atoms with van der Waals surface area (Å²) in [6.45, 7) is 8.76. The first-order valence-electron chi connectivity index (χ1n) is 10.9. The van der Waals surface area contributed by atoms with Gasteiger partial charge in [-0.1, -0.05) is 23.8 Å². The van der Waals surface area contributed by atoms with Gasteiger partial charge in [-0.05, 0) is 19.4 Å². The number of hydrogen-bond donors (Lipinski definition) is 2. The highest BCUT2D eigenvalue weighted by molar-refractivity contribution is 5.83. The molecular weight excluding hydrogens is 396 g/mol. The number of nitrogens with zero attached hydrogens (tertiary/aromatic N) is 4. The van der Waals surface area contributed by atoms with Gasteiger partial charge in [-0.2, -0.15) is 5.26 Å². The van der Waals surface area contributed by atoms with E-state index in [2.05, 4.69) is 14.8 Å². The van der Waals surface area contributed by atoms with E-state index in [1.54, 1.807) is 13.0 Å². The van der Waals surface area contributed by atoms with Crippen LogP contribution in [0.15, 0.2) is 39.9 Å². The second kappa shape index (κ2) is 10.8. The third-order valence-corrected chi connectivity index (χ3v) is 6.32. The van der Waals surface area contributed by atoms with Crippen molar-refractivity contribution in [2.45, 2.75) is 26.1 Å². The number of aliphatic imine (C=N–C) groups is 1. The van der Waals surface area contributed by atoms with Crippen molar-refractivity contribution in [3.63, 3.8) is 0 Å². The first kappa shape index (κ1) is 23.4. The van der Waals surface area contributed by atoms with E-state index >= 15 is 0 Å². The smallest absolute Gasteiger partial charge is 0.313 e. The van der Waals surface area contributed by atoms with E-state index in [-0.39, 0.29) is 24.3 Å². The molecule has 3 aliphatic rings. The van der Waals surface area contributed by atoms with E-state index in [0.717, 1.165) is 37.3 Å². The van der Waals surface area contributed by atoms with Crippen LogP contribution in [0.3, 0.4) is 0 Å². The zero-order valence-electron chi connectivity index (χ0n) is 18.3. The van der Waals surface area contributed by atoms with Crippen LogP contribution < -0.4 is 0 Å². The summed E-state index contributed by atoms with van der Waals surface area (Å²) in [5, 5.41) is 29.9. The Kier molecular flexibility index (Phi) is 8.15. The standard InChI is InChI=1S/C23H32N4O4/c1-3-17(10-24)11-25-12-18(28)13-26-6-8-27(9-7-26)14-22(29)19-4-5-20-21(16(19)2)15-31-23(20)30/h3-5,11,18,20-22,28-29H,6-9,12-15H2,1-2H3. The summed E-state index contributed by atoms with van der Waals surface area (Å²) in [5.41, 5.74) is 2.43. The van der Waals surface area contributed by atoms with Crippen LogP contribution in [0.1, 0.15) is 13.8 Å². The molecule has 2 aliphatic heterocycles. The van der Waals surface area contributed by atoms with Crippen LogP contribution in [0.5, 0.6) is 0 Å². The molecule has 2 heterocycles. The minimum Gasteiger partial charge on any atom is -0.465 e. The maximum absolute atomic E-state index is 11.8. The molecule has 31 heavy (non-hydrogen) atoms. The van der Waals surface area contributed by atoms with Gasteiger partial charge in [-0.15, -0.1) is 0 Å². The molecule has 0 aromatic heterocycles. The fourth-order valence-corrected chi connectivity index (χ4v) is 4.36. The average molecular weight is 429 g/mol. The van der Waals surface area contributed by atoms with Crippen molar-refractivity contribution in [3.8, 4) is 6.07 Å². The fourth-order valence-electron chi connectivity index (χ4n) is 4.36. The van der Waals surface area contributed by atoms with Gasteiger partial charge in [0.25, 0.3) is 0 Å². The molecule has 8 nitrogen and oxygen atoms in total. The highest BCUT2D eigenvalue weighted by atomic mass is 16.5. The molecule has 0 aromatic rings. The highest BCUT2D eigenvalue weighted by Gasteiger charge is 2.39. The zero-order chi connectivity index (χ0) is 22.4.